The number of carbonyl (C=O) groups is 1. The molecule has 1 atom stereocenters. The summed E-state index contributed by atoms with van der Waals surface area (Å²) in [7, 11) is -1.82. The zero-order chi connectivity index (χ0) is 19.6. The van der Waals surface area contributed by atoms with E-state index in [9.17, 15) is 13.2 Å². The Morgan fingerprint density at radius 3 is 2.70 bits per heavy atom. The summed E-state index contributed by atoms with van der Waals surface area (Å²) in [5.41, 5.74) is 1.94. The molecular weight excluding hydrogens is 366 g/mol. The zero-order valence-corrected chi connectivity index (χ0v) is 16.6. The molecule has 0 N–H and O–H groups in total. The third-order valence-corrected chi connectivity index (χ3v) is 6.23. The largest absolute Gasteiger partial charge is 0.497 e. The van der Waals surface area contributed by atoms with Crippen LogP contribution in [0.1, 0.15) is 24.2 Å². The highest BCUT2D eigenvalue weighted by molar-refractivity contribution is 7.88. The number of methoxy groups -OCH3 is 1. The quantitative estimate of drug-likeness (QED) is 0.752. The summed E-state index contributed by atoms with van der Waals surface area (Å²) in [6.07, 6.45) is 3.13. The third kappa shape index (κ3) is 4.01. The van der Waals surface area contributed by atoms with Gasteiger partial charge in [-0.3, -0.25) is 4.79 Å². The van der Waals surface area contributed by atoms with Crippen LogP contribution >= 0.6 is 0 Å². The molecular formula is C19H25N3O4S. The molecule has 146 valence electrons. The number of benzene rings is 1. The second-order valence-corrected chi connectivity index (χ2v) is 8.56. The Kier molecular flexibility index (Phi) is 5.57. The number of hydrogen-bond acceptors (Lipinski definition) is 4. The number of nitrogens with zero attached hydrogens (tertiary/aromatic N) is 3. The maximum atomic E-state index is 13.1. The van der Waals surface area contributed by atoms with Crippen molar-refractivity contribution in [2.45, 2.75) is 19.5 Å². The fraction of sp³-hybridized carbons (Fsp3) is 0.421. The highest BCUT2D eigenvalue weighted by Gasteiger charge is 2.33. The molecule has 3 rings (SSSR count). The van der Waals surface area contributed by atoms with Crippen molar-refractivity contribution < 1.29 is 17.9 Å². The van der Waals surface area contributed by atoms with Gasteiger partial charge >= 0.3 is 0 Å². The topological polar surface area (TPSA) is 71.9 Å². The summed E-state index contributed by atoms with van der Waals surface area (Å²) in [4.78, 5) is 14.8. The second kappa shape index (κ2) is 7.74. The van der Waals surface area contributed by atoms with Gasteiger partial charge in [-0.1, -0.05) is 19.1 Å². The first-order chi connectivity index (χ1) is 12.8. The van der Waals surface area contributed by atoms with Crippen LogP contribution < -0.4 is 4.74 Å². The fourth-order valence-corrected chi connectivity index (χ4v) is 4.33. The Morgan fingerprint density at radius 1 is 1.26 bits per heavy atom. The molecule has 0 aliphatic carbocycles. The first kappa shape index (κ1) is 19.4. The molecule has 2 heterocycles. The SMILES string of the molecule is CCN(CC(=O)N1CCn2cccc2[C@H]1c1cccc(OC)c1)S(C)(=O)=O. The maximum absolute atomic E-state index is 13.1. The highest BCUT2D eigenvalue weighted by atomic mass is 32.2. The van der Waals surface area contributed by atoms with E-state index in [1.807, 2.05) is 42.6 Å². The lowest BCUT2D eigenvalue weighted by molar-refractivity contribution is -0.134. The van der Waals surface area contributed by atoms with Gasteiger partial charge in [-0.2, -0.15) is 4.31 Å². The maximum Gasteiger partial charge on any atom is 0.238 e. The molecule has 2 aromatic rings. The van der Waals surface area contributed by atoms with Gasteiger partial charge in [-0.25, -0.2) is 8.42 Å². The Morgan fingerprint density at radius 2 is 2.04 bits per heavy atom. The number of sulfonamides is 1. The summed E-state index contributed by atoms with van der Waals surface area (Å²) < 4.78 is 32.5. The minimum atomic E-state index is -3.43. The molecule has 0 unspecified atom stereocenters. The van der Waals surface area contributed by atoms with Crippen LogP contribution in [0, 0.1) is 0 Å². The van der Waals surface area contributed by atoms with Crippen LogP contribution in [-0.4, -0.2) is 61.1 Å². The van der Waals surface area contributed by atoms with Crippen LogP contribution in [0.25, 0.3) is 0 Å². The van der Waals surface area contributed by atoms with E-state index in [4.69, 9.17) is 4.74 Å². The van der Waals surface area contributed by atoms with Crippen LogP contribution in [0.2, 0.25) is 0 Å². The minimum absolute atomic E-state index is 0.156. The molecule has 8 heteroatoms. The molecule has 1 amide bonds. The van der Waals surface area contributed by atoms with Crippen molar-refractivity contribution in [2.24, 2.45) is 0 Å². The summed E-state index contributed by atoms with van der Waals surface area (Å²) >= 11 is 0. The number of carbonyl (C=O) groups excluding carboxylic acids is 1. The van der Waals surface area contributed by atoms with Crippen molar-refractivity contribution in [1.29, 1.82) is 0 Å². The van der Waals surface area contributed by atoms with E-state index in [2.05, 4.69) is 4.57 Å². The predicted octanol–water partition coefficient (Wildman–Crippen LogP) is 1.71. The van der Waals surface area contributed by atoms with Gasteiger partial charge in [0.15, 0.2) is 0 Å². The van der Waals surface area contributed by atoms with Crippen molar-refractivity contribution in [3.05, 3.63) is 53.9 Å². The van der Waals surface area contributed by atoms with Crippen molar-refractivity contribution in [3.8, 4) is 5.75 Å². The van der Waals surface area contributed by atoms with Crippen molar-refractivity contribution in [2.75, 3.05) is 33.0 Å². The first-order valence-corrected chi connectivity index (χ1v) is 10.7. The van der Waals surface area contributed by atoms with Crippen LogP contribution in [0.3, 0.4) is 0 Å². The average Bonchev–Trinajstić information content (AvgIpc) is 3.12. The molecule has 0 radical (unpaired) electrons. The summed E-state index contributed by atoms with van der Waals surface area (Å²) in [5.74, 6) is 0.512. The Balaban J connectivity index is 1.97. The lowest BCUT2D eigenvalue weighted by Crippen LogP contribution is -2.47. The Bertz CT molecular complexity index is 923. The molecule has 0 saturated carbocycles. The minimum Gasteiger partial charge on any atom is -0.497 e. The average molecular weight is 391 g/mol. The highest BCUT2D eigenvalue weighted by Crippen LogP contribution is 2.34. The molecule has 1 aliphatic rings. The van der Waals surface area contributed by atoms with E-state index in [0.29, 0.717) is 13.1 Å². The molecule has 1 aromatic carbocycles. The van der Waals surface area contributed by atoms with E-state index in [1.54, 1.807) is 18.9 Å². The lowest BCUT2D eigenvalue weighted by atomic mass is 9.99. The van der Waals surface area contributed by atoms with Gasteiger partial charge in [-0.15, -0.1) is 0 Å². The van der Waals surface area contributed by atoms with E-state index in [-0.39, 0.29) is 25.0 Å². The van der Waals surface area contributed by atoms with Gasteiger partial charge in [0.2, 0.25) is 15.9 Å². The molecule has 27 heavy (non-hydrogen) atoms. The van der Waals surface area contributed by atoms with E-state index < -0.39 is 10.0 Å². The number of rotatable bonds is 6. The number of aromatic nitrogens is 1. The Labute approximate surface area is 160 Å². The lowest BCUT2D eigenvalue weighted by Gasteiger charge is -2.38. The van der Waals surface area contributed by atoms with E-state index in [0.717, 1.165) is 23.3 Å². The van der Waals surface area contributed by atoms with Crippen molar-refractivity contribution >= 4 is 15.9 Å². The molecule has 0 fully saturated rings. The molecule has 0 spiro atoms. The summed E-state index contributed by atoms with van der Waals surface area (Å²) in [6, 6.07) is 11.3. The van der Waals surface area contributed by atoms with E-state index in [1.165, 1.54) is 4.31 Å². The monoisotopic (exact) mass is 391 g/mol. The zero-order valence-electron chi connectivity index (χ0n) is 15.8. The normalized spacial score (nSPS) is 17.0. The van der Waals surface area contributed by atoms with Crippen molar-refractivity contribution in [3.63, 3.8) is 0 Å². The molecule has 1 aromatic heterocycles. The number of hydrogen-bond donors (Lipinski definition) is 0. The van der Waals surface area contributed by atoms with Gasteiger partial charge < -0.3 is 14.2 Å². The van der Waals surface area contributed by atoms with E-state index >= 15 is 0 Å². The predicted molar refractivity (Wildman–Crippen MR) is 103 cm³/mol. The second-order valence-electron chi connectivity index (χ2n) is 6.58. The molecule has 7 nitrogen and oxygen atoms in total. The van der Waals surface area contributed by atoms with Gasteiger partial charge in [0.1, 0.15) is 5.75 Å². The summed E-state index contributed by atoms with van der Waals surface area (Å²) in [6.45, 7) is 3.04. The molecule has 0 saturated heterocycles. The molecule has 0 bridgehead atoms. The molecule has 1 aliphatic heterocycles. The smallest absolute Gasteiger partial charge is 0.238 e. The number of ether oxygens (including phenoxy) is 1. The first-order valence-electron chi connectivity index (χ1n) is 8.88. The van der Waals surface area contributed by atoms with Crippen LogP contribution in [0.15, 0.2) is 42.6 Å². The van der Waals surface area contributed by atoms with Crippen molar-refractivity contribution in [1.82, 2.24) is 13.8 Å². The van der Waals surface area contributed by atoms with Crippen LogP contribution in [0.4, 0.5) is 0 Å². The van der Waals surface area contributed by atoms with Gasteiger partial charge in [0.25, 0.3) is 0 Å². The standard InChI is InChI=1S/C19H25N3O4S/c1-4-21(27(3,24)25)14-18(23)22-12-11-20-10-6-9-17(20)19(22)15-7-5-8-16(13-15)26-2/h5-10,13,19H,4,11-12,14H2,1-3H3/t19-/m1/s1. The third-order valence-electron chi connectivity index (χ3n) is 4.90. The number of amides is 1. The van der Waals surface area contributed by atoms with Crippen LogP contribution in [-0.2, 0) is 21.4 Å². The van der Waals surface area contributed by atoms with Gasteiger partial charge in [-0.05, 0) is 29.8 Å². The number of fused-ring (bicyclic) bond motifs is 1. The number of likely N-dealkylation sites (N-methyl/N-ethyl adjacent to an activating group) is 1. The Hall–Kier alpha value is -2.32. The van der Waals surface area contributed by atoms with Gasteiger partial charge in [0.05, 0.1) is 26.0 Å². The summed E-state index contributed by atoms with van der Waals surface area (Å²) in [5, 5.41) is 0. The van der Waals surface area contributed by atoms with Gasteiger partial charge in [0, 0.05) is 31.5 Å². The van der Waals surface area contributed by atoms with Crippen LogP contribution in [0.5, 0.6) is 5.75 Å². The fourth-order valence-electron chi connectivity index (χ4n) is 3.52.